The Morgan fingerprint density at radius 1 is 1.24 bits per heavy atom. The number of benzene rings is 1. The highest BCUT2D eigenvalue weighted by Gasteiger charge is 2.24. The number of carbonyl (C=O) groups excluding carboxylic acids is 1. The molecule has 1 aromatic carbocycles. The number of phenolic OH excluding ortho intramolecular Hbond substituents is 1. The van der Waals surface area contributed by atoms with Gasteiger partial charge in [-0.3, -0.25) is 9.78 Å². The van der Waals surface area contributed by atoms with Crippen LogP contribution in [0.5, 0.6) is 11.7 Å². The van der Waals surface area contributed by atoms with Crippen molar-refractivity contribution in [1.82, 2.24) is 10.3 Å². The van der Waals surface area contributed by atoms with E-state index in [1.165, 1.54) is 7.11 Å². The first kappa shape index (κ1) is 16.8. The monoisotopic (exact) mass is 340 g/mol. The largest absolute Gasteiger partial charge is 0.505 e. The van der Waals surface area contributed by atoms with E-state index in [0.717, 1.165) is 5.39 Å². The second kappa shape index (κ2) is 6.84. The first-order chi connectivity index (χ1) is 12.0. The Morgan fingerprint density at radius 2 is 2.04 bits per heavy atom. The molecule has 0 spiro atoms. The fourth-order valence-corrected chi connectivity index (χ4v) is 2.76. The zero-order chi connectivity index (χ0) is 18.0. The van der Waals surface area contributed by atoms with Crippen molar-refractivity contribution in [2.24, 2.45) is 5.92 Å². The van der Waals surface area contributed by atoms with Crippen LogP contribution < -0.4 is 10.1 Å². The first-order valence-corrected chi connectivity index (χ1v) is 8.02. The van der Waals surface area contributed by atoms with Gasteiger partial charge in [0.2, 0.25) is 0 Å². The van der Waals surface area contributed by atoms with E-state index in [2.05, 4.69) is 10.3 Å². The van der Waals surface area contributed by atoms with Gasteiger partial charge in [0.25, 0.3) is 11.9 Å². The molecule has 0 bridgehead atoms. The molecule has 6 nitrogen and oxygen atoms in total. The van der Waals surface area contributed by atoms with Crippen LogP contribution in [0, 0.1) is 5.92 Å². The number of carbonyl (C=O) groups is 1. The van der Waals surface area contributed by atoms with Crippen LogP contribution in [0.3, 0.4) is 0 Å². The molecule has 130 valence electrons. The fraction of sp³-hybridized carbons (Fsp3) is 0.263. The second-order valence-corrected chi connectivity index (χ2v) is 6.10. The van der Waals surface area contributed by atoms with E-state index in [0.29, 0.717) is 11.1 Å². The van der Waals surface area contributed by atoms with Crippen LogP contribution >= 0.6 is 0 Å². The first-order valence-electron chi connectivity index (χ1n) is 8.02. The molecule has 25 heavy (non-hydrogen) atoms. The zero-order valence-corrected chi connectivity index (χ0v) is 14.3. The molecule has 0 aliphatic carbocycles. The van der Waals surface area contributed by atoms with E-state index in [1.807, 2.05) is 38.1 Å². The summed E-state index contributed by atoms with van der Waals surface area (Å²) >= 11 is 0. The van der Waals surface area contributed by atoms with Crippen LogP contribution in [0.25, 0.3) is 10.9 Å². The van der Waals surface area contributed by atoms with E-state index >= 15 is 0 Å². The summed E-state index contributed by atoms with van der Waals surface area (Å²) < 4.78 is 10.3. The van der Waals surface area contributed by atoms with Gasteiger partial charge in [-0.05, 0) is 18.1 Å². The van der Waals surface area contributed by atoms with Gasteiger partial charge in [0.15, 0.2) is 5.76 Å². The summed E-state index contributed by atoms with van der Waals surface area (Å²) in [6.45, 7) is 3.94. The number of methoxy groups -OCH3 is 1. The van der Waals surface area contributed by atoms with Crippen LogP contribution in [0.2, 0.25) is 0 Å². The number of hydrogen-bond acceptors (Lipinski definition) is 5. The molecule has 0 aliphatic heterocycles. The van der Waals surface area contributed by atoms with Gasteiger partial charge in [-0.1, -0.05) is 32.0 Å². The Kier molecular flexibility index (Phi) is 4.61. The maximum Gasteiger partial charge on any atom is 0.287 e. The molecular weight excluding hydrogens is 320 g/mol. The molecule has 3 rings (SSSR count). The van der Waals surface area contributed by atoms with Crippen molar-refractivity contribution in [2.75, 3.05) is 7.11 Å². The van der Waals surface area contributed by atoms with E-state index < -0.39 is 6.04 Å². The van der Waals surface area contributed by atoms with Gasteiger partial charge >= 0.3 is 0 Å². The van der Waals surface area contributed by atoms with E-state index in [-0.39, 0.29) is 29.3 Å². The van der Waals surface area contributed by atoms with Gasteiger partial charge in [0.05, 0.1) is 13.2 Å². The molecule has 1 atom stereocenters. The minimum absolute atomic E-state index is 0.0490. The average Bonchev–Trinajstić information content (AvgIpc) is 3.10. The third-order valence-electron chi connectivity index (χ3n) is 4.07. The molecule has 0 saturated carbocycles. The lowest BCUT2D eigenvalue weighted by Crippen LogP contribution is -2.31. The van der Waals surface area contributed by atoms with E-state index in [1.54, 1.807) is 18.3 Å². The van der Waals surface area contributed by atoms with Crippen LogP contribution in [0.15, 0.2) is 47.0 Å². The number of aromatic nitrogens is 1. The Balaban J connectivity index is 1.93. The number of hydrogen-bond donors (Lipinski definition) is 2. The molecule has 2 aromatic heterocycles. The molecular formula is C19H20N2O4. The standard InChI is InChI=1S/C19H20N2O4/c1-11(2)16(21-19(23)14-8-9-15(24-3)25-14)13-7-6-12-5-4-10-20-17(12)18(13)22/h4-11,16,22H,1-3H3,(H,21,23). The minimum atomic E-state index is -0.394. The molecule has 2 heterocycles. The van der Waals surface area contributed by atoms with Crippen molar-refractivity contribution in [2.45, 2.75) is 19.9 Å². The molecule has 2 N–H and O–H groups in total. The highest BCUT2D eigenvalue weighted by molar-refractivity contribution is 5.92. The summed E-state index contributed by atoms with van der Waals surface area (Å²) in [5.74, 6) is 0.175. The topological polar surface area (TPSA) is 84.6 Å². The lowest BCUT2D eigenvalue weighted by Gasteiger charge is -2.23. The lowest BCUT2D eigenvalue weighted by atomic mass is 9.94. The quantitative estimate of drug-likeness (QED) is 0.740. The highest BCUT2D eigenvalue weighted by Crippen LogP contribution is 2.34. The molecule has 6 heteroatoms. The molecule has 0 aliphatic rings. The van der Waals surface area contributed by atoms with Gasteiger partial charge in [0, 0.05) is 23.2 Å². The predicted molar refractivity (Wildman–Crippen MR) is 93.7 cm³/mol. The van der Waals surface area contributed by atoms with Gasteiger partial charge in [0.1, 0.15) is 11.3 Å². The lowest BCUT2D eigenvalue weighted by molar-refractivity contribution is 0.0890. The zero-order valence-electron chi connectivity index (χ0n) is 14.3. The molecule has 1 amide bonds. The number of nitrogens with zero attached hydrogens (tertiary/aromatic N) is 1. The maximum absolute atomic E-state index is 12.5. The van der Waals surface area contributed by atoms with Crippen LogP contribution in [-0.2, 0) is 0 Å². The van der Waals surface area contributed by atoms with Crippen molar-refractivity contribution in [3.63, 3.8) is 0 Å². The number of ether oxygens (including phenoxy) is 1. The summed E-state index contributed by atoms with van der Waals surface area (Å²) in [5.41, 5.74) is 1.13. The number of phenols is 1. The third kappa shape index (κ3) is 3.28. The van der Waals surface area contributed by atoms with Crippen molar-refractivity contribution in [3.05, 3.63) is 53.9 Å². The number of fused-ring (bicyclic) bond motifs is 1. The Morgan fingerprint density at radius 3 is 2.72 bits per heavy atom. The minimum Gasteiger partial charge on any atom is -0.505 e. The summed E-state index contributed by atoms with van der Waals surface area (Å²) in [6.07, 6.45) is 1.63. The number of amides is 1. The fourth-order valence-electron chi connectivity index (χ4n) is 2.76. The normalized spacial score (nSPS) is 12.3. The van der Waals surface area contributed by atoms with Gasteiger partial charge in [-0.2, -0.15) is 0 Å². The number of furan rings is 1. The van der Waals surface area contributed by atoms with E-state index in [4.69, 9.17) is 9.15 Å². The molecule has 3 aromatic rings. The Bertz CT molecular complexity index is 901. The second-order valence-electron chi connectivity index (χ2n) is 6.10. The summed E-state index contributed by atoms with van der Waals surface area (Å²) in [5, 5.41) is 14.4. The van der Waals surface area contributed by atoms with Crippen molar-refractivity contribution < 1.29 is 19.1 Å². The summed E-state index contributed by atoms with van der Waals surface area (Å²) in [7, 11) is 1.47. The van der Waals surface area contributed by atoms with Crippen molar-refractivity contribution in [3.8, 4) is 11.7 Å². The van der Waals surface area contributed by atoms with Crippen molar-refractivity contribution >= 4 is 16.8 Å². The smallest absolute Gasteiger partial charge is 0.287 e. The Hall–Kier alpha value is -3.02. The van der Waals surface area contributed by atoms with Crippen molar-refractivity contribution in [1.29, 1.82) is 0 Å². The Labute approximate surface area is 145 Å². The number of pyridine rings is 1. The van der Waals surface area contributed by atoms with Crippen LogP contribution in [-0.4, -0.2) is 23.1 Å². The summed E-state index contributed by atoms with van der Waals surface area (Å²) in [6, 6.07) is 10.1. The molecule has 0 fully saturated rings. The predicted octanol–water partition coefficient (Wildman–Crippen LogP) is 3.67. The average molecular weight is 340 g/mol. The van der Waals surface area contributed by atoms with E-state index in [9.17, 15) is 9.90 Å². The molecule has 0 saturated heterocycles. The maximum atomic E-state index is 12.5. The molecule has 1 unspecified atom stereocenters. The van der Waals surface area contributed by atoms with Gasteiger partial charge < -0.3 is 19.6 Å². The highest BCUT2D eigenvalue weighted by atomic mass is 16.6. The SMILES string of the molecule is COc1ccc(C(=O)NC(c2ccc3cccnc3c2O)C(C)C)o1. The van der Waals surface area contributed by atoms with Gasteiger partial charge in [-0.25, -0.2) is 0 Å². The number of aromatic hydroxyl groups is 1. The number of rotatable bonds is 5. The van der Waals surface area contributed by atoms with Crippen LogP contribution in [0.4, 0.5) is 0 Å². The number of nitrogens with one attached hydrogen (secondary N) is 1. The molecule has 0 radical (unpaired) electrons. The summed E-state index contributed by atoms with van der Waals surface area (Å²) in [4.78, 5) is 16.7. The van der Waals surface area contributed by atoms with Gasteiger partial charge in [-0.15, -0.1) is 0 Å². The third-order valence-corrected chi connectivity index (χ3v) is 4.07. The van der Waals surface area contributed by atoms with Crippen LogP contribution in [0.1, 0.15) is 36.0 Å².